The third-order valence-electron chi connectivity index (χ3n) is 5.56. The smallest absolute Gasteiger partial charge is 0.286 e. The number of ether oxygens (including phenoxy) is 2. The Morgan fingerprint density at radius 3 is 2.43 bits per heavy atom. The second-order valence-electron chi connectivity index (χ2n) is 7.98. The van der Waals surface area contributed by atoms with Gasteiger partial charge in [-0.2, -0.15) is 0 Å². The third kappa shape index (κ3) is 5.99. The minimum atomic E-state index is -0.527. The van der Waals surface area contributed by atoms with Crippen molar-refractivity contribution in [1.29, 1.82) is 0 Å². The number of hydrazine groups is 1. The van der Waals surface area contributed by atoms with Gasteiger partial charge in [-0.3, -0.25) is 25.0 Å². The van der Waals surface area contributed by atoms with Gasteiger partial charge in [-0.05, 0) is 60.2 Å². The minimum Gasteiger partial charge on any atom is -0.493 e. The predicted octanol–water partition coefficient (Wildman–Crippen LogP) is 4.84. The molecule has 0 fully saturated rings. The molecule has 2 N–H and O–H groups in total. The molecule has 0 aliphatic heterocycles. The van der Waals surface area contributed by atoms with Gasteiger partial charge in [0.1, 0.15) is 5.70 Å². The zero-order valence-corrected chi connectivity index (χ0v) is 21.2. The van der Waals surface area contributed by atoms with Crippen molar-refractivity contribution in [2.45, 2.75) is 0 Å². The molecule has 0 spiro atoms. The Bertz CT molecular complexity index is 1470. The lowest BCUT2D eigenvalue weighted by atomic mass is 10.1. The Morgan fingerprint density at radius 2 is 1.70 bits per heavy atom. The van der Waals surface area contributed by atoms with Crippen LogP contribution >= 0.6 is 11.6 Å². The summed E-state index contributed by atoms with van der Waals surface area (Å²) in [6.45, 7) is 0. The van der Waals surface area contributed by atoms with Crippen LogP contribution in [0, 0.1) is 0 Å². The number of nitrogens with one attached hydrogen (secondary N) is 2. The van der Waals surface area contributed by atoms with Gasteiger partial charge in [0.15, 0.2) is 11.5 Å². The normalized spacial score (nSPS) is 11.1. The summed E-state index contributed by atoms with van der Waals surface area (Å²) in [5, 5.41) is 5.66. The molecule has 0 unspecified atom stereocenters. The van der Waals surface area contributed by atoms with Crippen LogP contribution in [-0.2, 0) is 4.79 Å². The number of nitrogens with zero attached hydrogens (tertiary/aromatic N) is 2. The molecule has 1 aromatic heterocycles. The Kier molecular flexibility index (Phi) is 7.90. The Labute approximate surface area is 219 Å². The lowest BCUT2D eigenvalue weighted by Crippen LogP contribution is -2.43. The Hall–Kier alpha value is -4.56. The number of hydrogen-bond donors (Lipinski definition) is 2. The molecular weight excluding hydrogens is 492 g/mol. The fourth-order valence-electron chi connectivity index (χ4n) is 3.72. The number of carbonyl (C=O) groups is 2. The lowest BCUT2D eigenvalue weighted by Gasteiger charge is -2.23. The van der Waals surface area contributed by atoms with E-state index >= 15 is 0 Å². The van der Waals surface area contributed by atoms with E-state index in [4.69, 9.17) is 21.1 Å². The molecule has 0 aliphatic carbocycles. The first-order valence-corrected chi connectivity index (χ1v) is 11.7. The maximum absolute atomic E-state index is 13.4. The summed E-state index contributed by atoms with van der Waals surface area (Å²) in [4.78, 5) is 30.7. The molecule has 8 nitrogen and oxygen atoms in total. The summed E-state index contributed by atoms with van der Waals surface area (Å²) in [6, 6.07) is 21.0. The van der Waals surface area contributed by atoms with E-state index in [0.717, 1.165) is 5.39 Å². The summed E-state index contributed by atoms with van der Waals surface area (Å²) in [5.74, 6) is 0.0856. The van der Waals surface area contributed by atoms with Gasteiger partial charge in [0.25, 0.3) is 11.8 Å². The van der Waals surface area contributed by atoms with Gasteiger partial charge in [0.2, 0.25) is 0 Å². The van der Waals surface area contributed by atoms with Crippen molar-refractivity contribution < 1.29 is 19.1 Å². The SMILES string of the molecule is COc1ccc(/C=C(/NC(=O)c2ccccc2)C(=O)NN(C)c2ccnc3cc(Cl)ccc23)cc1OC. The molecule has 2 amide bonds. The molecule has 3 aromatic carbocycles. The summed E-state index contributed by atoms with van der Waals surface area (Å²) in [7, 11) is 4.77. The maximum Gasteiger partial charge on any atom is 0.286 e. The lowest BCUT2D eigenvalue weighted by molar-refractivity contribution is -0.117. The summed E-state index contributed by atoms with van der Waals surface area (Å²) < 4.78 is 10.7. The van der Waals surface area contributed by atoms with E-state index < -0.39 is 11.8 Å². The first-order valence-electron chi connectivity index (χ1n) is 11.3. The number of carbonyl (C=O) groups excluding carboxylic acids is 2. The van der Waals surface area contributed by atoms with Gasteiger partial charge in [-0.15, -0.1) is 0 Å². The highest BCUT2D eigenvalue weighted by atomic mass is 35.5. The van der Waals surface area contributed by atoms with Crippen LogP contribution in [0.15, 0.2) is 84.7 Å². The van der Waals surface area contributed by atoms with Crippen molar-refractivity contribution in [3.05, 3.63) is 101 Å². The van der Waals surface area contributed by atoms with Crippen LogP contribution in [0.25, 0.3) is 17.0 Å². The fourth-order valence-corrected chi connectivity index (χ4v) is 3.89. The first kappa shape index (κ1) is 25.5. The molecule has 0 atom stereocenters. The quantitative estimate of drug-likeness (QED) is 0.257. The molecule has 4 aromatic rings. The highest BCUT2D eigenvalue weighted by Gasteiger charge is 2.18. The standard InChI is InChI=1S/C28H25ClN4O4/c1-33(24-13-14-30-22-17-20(29)10-11-21(22)24)32-28(35)23(31-27(34)19-7-5-4-6-8-19)15-18-9-12-25(36-2)26(16-18)37-3/h4-17H,1-3H3,(H,31,34)(H,32,35)/b23-15+. The molecule has 188 valence electrons. The van der Waals surface area contributed by atoms with Crippen molar-refractivity contribution in [3.8, 4) is 11.5 Å². The number of aromatic nitrogens is 1. The molecule has 0 saturated carbocycles. The van der Waals surface area contributed by atoms with E-state index in [0.29, 0.717) is 38.9 Å². The van der Waals surface area contributed by atoms with Crippen molar-refractivity contribution in [2.75, 3.05) is 26.3 Å². The number of halogens is 1. The molecule has 0 saturated heterocycles. The van der Waals surface area contributed by atoms with Crippen molar-refractivity contribution in [1.82, 2.24) is 15.7 Å². The zero-order valence-electron chi connectivity index (χ0n) is 20.5. The number of benzene rings is 3. The van der Waals surface area contributed by atoms with Crippen LogP contribution in [0.2, 0.25) is 5.02 Å². The molecule has 1 heterocycles. The molecule has 0 bridgehead atoms. The predicted molar refractivity (Wildman–Crippen MR) is 145 cm³/mol. The van der Waals surface area contributed by atoms with Crippen molar-refractivity contribution in [2.24, 2.45) is 0 Å². The molecule has 4 rings (SSSR count). The highest BCUT2D eigenvalue weighted by Crippen LogP contribution is 2.29. The second-order valence-corrected chi connectivity index (χ2v) is 8.42. The van der Waals surface area contributed by atoms with E-state index in [1.54, 1.807) is 92.1 Å². The fraction of sp³-hybridized carbons (Fsp3) is 0.107. The van der Waals surface area contributed by atoms with E-state index in [1.807, 2.05) is 12.1 Å². The molecule has 0 aliphatic rings. The number of fused-ring (bicyclic) bond motifs is 1. The van der Waals surface area contributed by atoms with E-state index in [9.17, 15) is 9.59 Å². The monoisotopic (exact) mass is 516 g/mol. The molecule has 37 heavy (non-hydrogen) atoms. The molecular formula is C28H25ClN4O4. The van der Waals surface area contributed by atoms with Crippen LogP contribution in [0.4, 0.5) is 5.69 Å². The number of amides is 2. The summed E-state index contributed by atoms with van der Waals surface area (Å²) in [5.41, 5.74) is 5.29. The third-order valence-corrected chi connectivity index (χ3v) is 5.79. The number of rotatable bonds is 8. The van der Waals surface area contributed by atoms with E-state index in [1.165, 1.54) is 7.11 Å². The summed E-state index contributed by atoms with van der Waals surface area (Å²) in [6.07, 6.45) is 3.20. The summed E-state index contributed by atoms with van der Waals surface area (Å²) >= 11 is 6.11. The second kappa shape index (κ2) is 11.5. The molecule has 0 radical (unpaired) electrons. The minimum absolute atomic E-state index is 0.0364. The van der Waals surface area contributed by atoms with Crippen LogP contribution in [0.3, 0.4) is 0 Å². The van der Waals surface area contributed by atoms with Crippen LogP contribution in [-0.4, -0.2) is 38.1 Å². The number of anilines is 1. The van der Waals surface area contributed by atoms with Gasteiger partial charge in [-0.25, -0.2) is 0 Å². The van der Waals surface area contributed by atoms with Crippen LogP contribution < -0.4 is 25.2 Å². The average molecular weight is 517 g/mol. The van der Waals surface area contributed by atoms with Gasteiger partial charge in [0.05, 0.1) is 25.4 Å². The first-order chi connectivity index (χ1) is 17.9. The number of methoxy groups -OCH3 is 2. The zero-order chi connectivity index (χ0) is 26.4. The highest BCUT2D eigenvalue weighted by molar-refractivity contribution is 6.31. The van der Waals surface area contributed by atoms with E-state index in [-0.39, 0.29) is 5.70 Å². The van der Waals surface area contributed by atoms with Crippen molar-refractivity contribution >= 4 is 46.1 Å². The van der Waals surface area contributed by atoms with Crippen molar-refractivity contribution in [3.63, 3.8) is 0 Å². The van der Waals surface area contributed by atoms with Crippen LogP contribution in [0.1, 0.15) is 15.9 Å². The number of pyridine rings is 1. The van der Waals surface area contributed by atoms with Gasteiger partial charge < -0.3 is 14.8 Å². The topological polar surface area (TPSA) is 92.8 Å². The van der Waals surface area contributed by atoms with Gasteiger partial charge in [0, 0.05) is 29.2 Å². The van der Waals surface area contributed by atoms with Gasteiger partial charge in [-0.1, -0.05) is 35.9 Å². The average Bonchev–Trinajstić information content (AvgIpc) is 2.92. The Balaban J connectivity index is 1.66. The van der Waals surface area contributed by atoms with E-state index in [2.05, 4.69) is 15.7 Å². The largest absolute Gasteiger partial charge is 0.493 e. The van der Waals surface area contributed by atoms with Crippen LogP contribution in [0.5, 0.6) is 11.5 Å². The Morgan fingerprint density at radius 1 is 0.946 bits per heavy atom. The number of hydrogen-bond acceptors (Lipinski definition) is 6. The van der Waals surface area contributed by atoms with Gasteiger partial charge >= 0.3 is 0 Å². The molecule has 9 heteroatoms. The maximum atomic E-state index is 13.4.